The zero-order valence-corrected chi connectivity index (χ0v) is 17.0. The lowest BCUT2D eigenvalue weighted by Gasteiger charge is -2.12. The first-order chi connectivity index (χ1) is 14.9. The second-order valence-electron chi connectivity index (χ2n) is 7.06. The van der Waals surface area contributed by atoms with Crippen LogP contribution in [0.4, 0.5) is 11.4 Å². The van der Waals surface area contributed by atoms with Crippen molar-refractivity contribution in [1.82, 2.24) is 19.3 Å². The minimum atomic E-state index is -0.500. The van der Waals surface area contributed by atoms with E-state index in [1.165, 1.54) is 12.3 Å². The third kappa shape index (κ3) is 4.06. The maximum atomic E-state index is 12.7. The maximum absolute atomic E-state index is 12.7. The number of hydrogen-bond donors (Lipinski definition) is 1. The fourth-order valence-corrected chi connectivity index (χ4v) is 3.31. The molecule has 2 aromatic heterocycles. The molecule has 31 heavy (non-hydrogen) atoms. The van der Waals surface area contributed by atoms with Crippen molar-refractivity contribution in [3.05, 3.63) is 99.9 Å². The normalized spacial score (nSPS) is 10.8. The molecule has 9 nitrogen and oxygen atoms in total. The summed E-state index contributed by atoms with van der Waals surface area (Å²) < 4.78 is 3.35. The zero-order valence-electron chi connectivity index (χ0n) is 17.0. The van der Waals surface area contributed by atoms with Crippen molar-refractivity contribution >= 4 is 17.2 Å². The highest BCUT2D eigenvalue weighted by atomic mass is 16.6. The summed E-state index contributed by atoms with van der Waals surface area (Å²) in [5, 5.41) is 19.2. The molecular formula is C22H20N6O3. The summed E-state index contributed by atoms with van der Waals surface area (Å²) in [7, 11) is 1.70. The average Bonchev–Trinajstić information content (AvgIpc) is 3.39. The Labute approximate surface area is 178 Å². The summed E-state index contributed by atoms with van der Waals surface area (Å²) >= 11 is 0. The number of ketones is 1. The Morgan fingerprint density at radius 2 is 1.97 bits per heavy atom. The molecule has 0 bridgehead atoms. The van der Waals surface area contributed by atoms with E-state index in [1.54, 1.807) is 34.6 Å². The zero-order chi connectivity index (χ0) is 22.0. The average molecular weight is 416 g/mol. The van der Waals surface area contributed by atoms with Crippen molar-refractivity contribution < 1.29 is 9.72 Å². The smallest absolute Gasteiger partial charge is 0.293 e. The van der Waals surface area contributed by atoms with Crippen LogP contribution in [0, 0.1) is 17.0 Å². The molecule has 0 amide bonds. The third-order valence-electron chi connectivity index (χ3n) is 4.91. The molecule has 0 saturated carbocycles. The second kappa shape index (κ2) is 8.23. The summed E-state index contributed by atoms with van der Waals surface area (Å²) in [6.07, 6.45) is 5.03. The lowest BCUT2D eigenvalue weighted by Crippen LogP contribution is -2.10. The number of nitro benzene ring substituents is 1. The van der Waals surface area contributed by atoms with Crippen LogP contribution in [0.25, 0.3) is 5.69 Å². The van der Waals surface area contributed by atoms with E-state index in [-0.39, 0.29) is 22.9 Å². The molecule has 0 radical (unpaired) electrons. The van der Waals surface area contributed by atoms with Gasteiger partial charge >= 0.3 is 0 Å². The largest absolute Gasteiger partial charge is 0.375 e. The number of carbonyl (C=O) groups excluding carboxylic acids is 1. The van der Waals surface area contributed by atoms with E-state index >= 15 is 0 Å². The number of hydrogen-bond acceptors (Lipinski definition) is 6. The Bertz CT molecular complexity index is 1270. The van der Waals surface area contributed by atoms with Gasteiger partial charge in [0.15, 0.2) is 5.82 Å². The van der Waals surface area contributed by atoms with Crippen LogP contribution in [0.1, 0.15) is 27.4 Å². The van der Waals surface area contributed by atoms with Crippen molar-refractivity contribution in [3.63, 3.8) is 0 Å². The summed E-state index contributed by atoms with van der Waals surface area (Å²) in [5.41, 5.74) is 3.06. The van der Waals surface area contributed by atoms with Crippen LogP contribution < -0.4 is 5.32 Å². The number of rotatable bonds is 7. The monoisotopic (exact) mass is 416 g/mol. The molecule has 2 aromatic carbocycles. The van der Waals surface area contributed by atoms with E-state index in [1.807, 2.05) is 43.5 Å². The van der Waals surface area contributed by atoms with E-state index in [0.29, 0.717) is 12.2 Å². The number of nitro groups is 1. The number of nitrogens with one attached hydrogen (secondary N) is 1. The van der Waals surface area contributed by atoms with E-state index < -0.39 is 4.92 Å². The summed E-state index contributed by atoms with van der Waals surface area (Å²) in [5.74, 6) is -0.153. The molecule has 0 saturated heterocycles. The van der Waals surface area contributed by atoms with Gasteiger partial charge in [0.05, 0.1) is 16.3 Å². The molecule has 0 fully saturated rings. The molecule has 0 atom stereocenters. The number of nitrogens with zero attached hydrogens (tertiary/aromatic N) is 5. The molecule has 156 valence electrons. The Balaban J connectivity index is 1.61. The number of aromatic nitrogens is 4. The van der Waals surface area contributed by atoms with E-state index in [0.717, 1.165) is 16.9 Å². The van der Waals surface area contributed by atoms with Gasteiger partial charge in [0.25, 0.3) is 5.69 Å². The van der Waals surface area contributed by atoms with Crippen LogP contribution in [0.2, 0.25) is 0 Å². The van der Waals surface area contributed by atoms with Gasteiger partial charge in [-0.25, -0.2) is 9.67 Å². The molecule has 0 aliphatic heterocycles. The number of aryl methyl sites for hydroxylation is 2. The molecule has 0 unspecified atom stereocenters. The highest BCUT2D eigenvalue weighted by Gasteiger charge is 2.20. The number of carbonyl (C=O) groups is 1. The predicted octanol–water partition coefficient (Wildman–Crippen LogP) is 3.67. The quantitative estimate of drug-likeness (QED) is 0.280. The highest BCUT2D eigenvalue weighted by Crippen LogP contribution is 2.28. The van der Waals surface area contributed by atoms with Gasteiger partial charge in [-0.05, 0) is 36.8 Å². The van der Waals surface area contributed by atoms with E-state index in [2.05, 4.69) is 15.4 Å². The van der Waals surface area contributed by atoms with Gasteiger partial charge in [-0.3, -0.25) is 14.9 Å². The first-order valence-corrected chi connectivity index (χ1v) is 9.59. The van der Waals surface area contributed by atoms with Gasteiger partial charge in [0, 0.05) is 43.8 Å². The van der Waals surface area contributed by atoms with E-state index in [9.17, 15) is 14.9 Å². The van der Waals surface area contributed by atoms with Crippen LogP contribution >= 0.6 is 0 Å². The summed E-state index contributed by atoms with van der Waals surface area (Å²) in [6.45, 7) is 2.26. The van der Waals surface area contributed by atoms with E-state index in [4.69, 9.17) is 0 Å². The van der Waals surface area contributed by atoms with Crippen LogP contribution in [0.5, 0.6) is 0 Å². The minimum Gasteiger partial charge on any atom is -0.375 e. The predicted molar refractivity (Wildman–Crippen MR) is 115 cm³/mol. The van der Waals surface area contributed by atoms with Gasteiger partial charge < -0.3 is 9.88 Å². The number of benzene rings is 2. The first kappa shape index (κ1) is 20.0. The highest BCUT2D eigenvalue weighted by molar-refractivity contribution is 6.07. The van der Waals surface area contributed by atoms with Crippen molar-refractivity contribution in [3.8, 4) is 5.69 Å². The Morgan fingerprint density at radius 3 is 2.65 bits per heavy atom. The van der Waals surface area contributed by atoms with Crippen LogP contribution in [-0.2, 0) is 13.6 Å². The number of imidazole rings is 1. The van der Waals surface area contributed by atoms with Crippen molar-refractivity contribution in [2.24, 2.45) is 7.05 Å². The Hall–Kier alpha value is -4.27. The Morgan fingerprint density at radius 1 is 1.16 bits per heavy atom. The molecule has 4 rings (SSSR count). The van der Waals surface area contributed by atoms with Crippen LogP contribution in [0.15, 0.2) is 67.1 Å². The SMILES string of the molecule is Cc1ccn(-c2ccccc2CNc2ccc(C(=O)c3nccn3C)cc2[N+](=O)[O-])n1. The van der Waals surface area contributed by atoms with Crippen molar-refractivity contribution in [2.75, 3.05) is 5.32 Å². The molecule has 0 aliphatic carbocycles. The van der Waals surface area contributed by atoms with Gasteiger partial charge in [0.2, 0.25) is 5.78 Å². The molecule has 1 N–H and O–H groups in total. The van der Waals surface area contributed by atoms with Gasteiger partial charge in [-0.1, -0.05) is 18.2 Å². The number of anilines is 1. The van der Waals surface area contributed by atoms with Gasteiger partial charge in [-0.15, -0.1) is 0 Å². The summed E-state index contributed by atoms with van der Waals surface area (Å²) in [4.78, 5) is 27.9. The van der Waals surface area contributed by atoms with Gasteiger partial charge in [0.1, 0.15) is 5.69 Å². The fraction of sp³-hybridized carbons (Fsp3) is 0.136. The molecule has 4 aromatic rings. The molecule has 9 heteroatoms. The van der Waals surface area contributed by atoms with Gasteiger partial charge in [-0.2, -0.15) is 5.10 Å². The molecule has 0 aliphatic rings. The lowest BCUT2D eigenvalue weighted by molar-refractivity contribution is -0.384. The molecule has 0 spiro atoms. The number of para-hydroxylation sites is 1. The van der Waals surface area contributed by atoms with Crippen molar-refractivity contribution in [2.45, 2.75) is 13.5 Å². The molecule has 2 heterocycles. The Kier molecular flexibility index (Phi) is 5.31. The van der Waals surface area contributed by atoms with Crippen molar-refractivity contribution in [1.29, 1.82) is 0 Å². The topological polar surface area (TPSA) is 108 Å². The maximum Gasteiger partial charge on any atom is 0.293 e. The standard InChI is InChI=1S/C22H20N6O3/c1-15-9-11-27(25-15)19-6-4-3-5-17(19)14-24-18-8-7-16(13-20(18)28(30)31)21(29)22-23-10-12-26(22)2/h3-13,24H,14H2,1-2H3. The van der Waals surface area contributed by atoms with Crippen LogP contribution in [0.3, 0.4) is 0 Å². The first-order valence-electron chi connectivity index (χ1n) is 9.59. The summed E-state index contributed by atoms with van der Waals surface area (Å²) in [6, 6.07) is 14.0. The van der Waals surface area contributed by atoms with Crippen LogP contribution in [-0.4, -0.2) is 30.0 Å². The second-order valence-corrected chi connectivity index (χ2v) is 7.06. The third-order valence-corrected chi connectivity index (χ3v) is 4.91. The fourth-order valence-electron chi connectivity index (χ4n) is 3.31. The molecular weight excluding hydrogens is 396 g/mol. The lowest BCUT2D eigenvalue weighted by atomic mass is 10.1. The minimum absolute atomic E-state index is 0.174.